The largest absolute Gasteiger partial charge is 0.348 e. The first-order valence-electron chi connectivity index (χ1n) is 6.20. The molecule has 2 rings (SSSR count). The van der Waals surface area contributed by atoms with Crippen LogP contribution in [0.3, 0.4) is 0 Å². The van der Waals surface area contributed by atoms with Crippen molar-refractivity contribution < 1.29 is 4.79 Å². The molecular formula is C15H16ClN3O. The molecule has 0 saturated heterocycles. The minimum atomic E-state index is -0.221. The van der Waals surface area contributed by atoms with Crippen molar-refractivity contribution in [1.82, 2.24) is 5.32 Å². The summed E-state index contributed by atoms with van der Waals surface area (Å²) in [5.74, 6) is 5.17. The van der Waals surface area contributed by atoms with Gasteiger partial charge in [-0.1, -0.05) is 41.4 Å². The number of nitrogens with two attached hydrogens (primary N) is 1. The van der Waals surface area contributed by atoms with Crippen LogP contribution in [-0.2, 0) is 6.54 Å². The number of amides is 1. The van der Waals surface area contributed by atoms with Crippen LogP contribution in [0.4, 0.5) is 5.69 Å². The SMILES string of the molecule is Cc1ccc(CNC(=O)c2cc(Cl)ccc2NN)cc1. The van der Waals surface area contributed by atoms with Gasteiger partial charge in [-0.3, -0.25) is 10.6 Å². The third kappa shape index (κ3) is 3.50. The Morgan fingerprint density at radius 1 is 1.20 bits per heavy atom. The molecule has 4 nitrogen and oxygen atoms in total. The summed E-state index contributed by atoms with van der Waals surface area (Å²) in [6, 6.07) is 12.9. The normalized spacial score (nSPS) is 10.2. The molecule has 0 aromatic heterocycles. The smallest absolute Gasteiger partial charge is 0.253 e. The number of hydrazine groups is 1. The average molecular weight is 290 g/mol. The number of aryl methyl sites for hydroxylation is 1. The van der Waals surface area contributed by atoms with Crippen molar-refractivity contribution in [3.05, 3.63) is 64.2 Å². The molecular weight excluding hydrogens is 274 g/mol. The van der Waals surface area contributed by atoms with Crippen LogP contribution in [0, 0.1) is 6.92 Å². The van der Waals surface area contributed by atoms with Crippen LogP contribution in [0.25, 0.3) is 0 Å². The molecule has 0 atom stereocenters. The molecule has 0 fully saturated rings. The van der Waals surface area contributed by atoms with E-state index in [4.69, 9.17) is 17.4 Å². The Balaban J connectivity index is 2.08. The van der Waals surface area contributed by atoms with Crippen molar-refractivity contribution in [1.29, 1.82) is 0 Å². The van der Waals surface area contributed by atoms with Gasteiger partial charge in [-0.15, -0.1) is 0 Å². The summed E-state index contributed by atoms with van der Waals surface area (Å²) in [6.07, 6.45) is 0. The highest BCUT2D eigenvalue weighted by Gasteiger charge is 2.11. The summed E-state index contributed by atoms with van der Waals surface area (Å²) in [5, 5.41) is 3.33. The molecule has 0 heterocycles. The molecule has 0 saturated carbocycles. The van der Waals surface area contributed by atoms with Crippen molar-refractivity contribution in [3.8, 4) is 0 Å². The van der Waals surface area contributed by atoms with Gasteiger partial charge in [0.2, 0.25) is 0 Å². The molecule has 2 aromatic carbocycles. The summed E-state index contributed by atoms with van der Waals surface area (Å²) in [6.45, 7) is 2.48. The van der Waals surface area contributed by atoms with E-state index in [0.717, 1.165) is 5.56 Å². The van der Waals surface area contributed by atoms with Gasteiger partial charge in [0, 0.05) is 11.6 Å². The van der Waals surface area contributed by atoms with Gasteiger partial charge in [0.1, 0.15) is 0 Å². The van der Waals surface area contributed by atoms with Crippen molar-refractivity contribution in [2.75, 3.05) is 5.43 Å². The summed E-state index contributed by atoms with van der Waals surface area (Å²) in [4.78, 5) is 12.2. The average Bonchev–Trinajstić information content (AvgIpc) is 2.46. The summed E-state index contributed by atoms with van der Waals surface area (Å²) < 4.78 is 0. The Morgan fingerprint density at radius 3 is 2.55 bits per heavy atom. The van der Waals surface area contributed by atoms with E-state index in [1.165, 1.54) is 5.56 Å². The van der Waals surface area contributed by atoms with Gasteiger partial charge in [-0.05, 0) is 30.7 Å². The molecule has 0 aliphatic rings. The fraction of sp³-hybridized carbons (Fsp3) is 0.133. The summed E-state index contributed by atoms with van der Waals surface area (Å²) >= 11 is 5.90. The zero-order valence-electron chi connectivity index (χ0n) is 11.1. The number of carbonyl (C=O) groups excluding carboxylic acids is 1. The maximum absolute atomic E-state index is 12.2. The first-order valence-corrected chi connectivity index (χ1v) is 6.58. The quantitative estimate of drug-likeness (QED) is 0.599. The Labute approximate surface area is 122 Å². The number of carbonyl (C=O) groups is 1. The fourth-order valence-corrected chi connectivity index (χ4v) is 1.99. The second-order valence-corrected chi connectivity index (χ2v) is 4.94. The van der Waals surface area contributed by atoms with E-state index in [2.05, 4.69) is 10.7 Å². The predicted octanol–water partition coefficient (Wildman–Crippen LogP) is 2.86. The maximum Gasteiger partial charge on any atom is 0.253 e. The number of hydrogen-bond acceptors (Lipinski definition) is 3. The number of hydrogen-bond donors (Lipinski definition) is 3. The highest BCUT2D eigenvalue weighted by Crippen LogP contribution is 2.19. The molecule has 0 radical (unpaired) electrons. The Morgan fingerprint density at radius 2 is 1.90 bits per heavy atom. The highest BCUT2D eigenvalue weighted by molar-refractivity contribution is 6.31. The standard InChI is InChI=1S/C15H16ClN3O/c1-10-2-4-11(5-3-10)9-18-15(20)13-8-12(16)6-7-14(13)19-17/h2-8,19H,9,17H2,1H3,(H,18,20). The van der Waals surface area contributed by atoms with Crippen molar-refractivity contribution in [2.45, 2.75) is 13.5 Å². The first-order chi connectivity index (χ1) is 9.60. The summed E-state index contributed by atoms with van der Waals surface area (Å²) in [7, 11) is 0. The number of rotatable bonds is 4. The minimum Gasteiger partial charge on any atom is -0.348 e. The zero-order valence-corrected chi connectivity index (χ0v) is 11.9. The van der Waals surface area contributed by atoms with Gasteiger partial charge in [0.15, 0.2) is 0 Å². The fourth-order valence-electron chi connectivity index (χ4n) is 1.81. The lowest BCUT2D eigenvalue weighted by atomic mass is 10.1. The first kappa shape index (κ1) is 14.4. The summed E-state index contributed by atoms with van der Waals surface area (Å²) in [5.41, 5.74) is 5.67. The van der Waals surface area contributed by atoms with E-state index in [9.17, 15) is 4.79 Å². The van der Waals surface area contributed by atoms with Gasteiger partial charge in [-0.25, -0.2) is 0 Å². The van der Waals surface area contributed by atoms with Crippen molar-refractivity contribution in [2.24, 2.45) is 5.84 Å². The van der Waals surface area contributed by atoms with Gasteiger partial charge >= 0.3 is 0 Å². The molecule has 4 N–H and O–H groups in total. The number of halogens is 1. The van der Waals surface area contributed by atoms with Crippen LogP contribution >= 0.6 is 11.6 Å². The second-order valence-electron chi connectivity index (χ2n) is 4.50. The number of nitrogens with one attached hydrogen (secondary N) is 2. The van der Waals surface area contributed by atoms with Crippen LogP contribution in [0.2, 0.25) is 5.02 Å². The van der Waals surface area contributed by atoms with E-state index in [0.29, 0.717) is 22.8 Å². The van der Waals surface area contributed by atoms with Crippen LogP contribution in [0.5, 0.6) is 0 Å². The number of benzene rings is 2. The number of anilines is 1. The Hall–Kier alpha value is -2.04. The number of nitrogen functional groups attached to an aromatic ring is 1. The Bertz CT molecular complexity index is 611. The van der Waals surface area contributed by atoms with Crippen LogP contribution in [0.1, 0.15) is 21.5 Å². The van der Waals surface area contributed by atoms with Gasteiger partial charge < -0.3 is 10.7 Å². The lowest BCUT2D eigenvalue weighted by molar-refractivity contribution is 0.0951. The minimum absolute atomic E-state index is 0.221. The second kappa shape index (κ2) is 6.41. The highest BCUT2D eigenvalue weighted by atomic mass is 35.5. The van der Waals surface area contributed by atoms with E-state index in [1.807, 2.05) is 31.2 Å². The monoisotopic (exact) mass is 289 g/mol. The van der Waals surface area contributed by atoms with Crippen LogP contribution in [-0.4, -0.2) is 5.91 Å². The van der Waals surface area contributed by atoms with Crippen molar-refractivity contribution in [3.63, 3.8) is 0 Å². The van der Waals surface area contributed by atoms with E-state index in [1.54, 1.807) is 18.2 Å². The zero-order chi connectivity index (χ0) is 14.5. The van der Waals surface area contributed by atoms with Gasteiger partial charge in [0.25, 0.3) is 5.91 Å². The van der Waals surface area contributed by atoms with Gasteiger partial charge in [-0.2, -0.15) is 0 Å². The van der Waals surface area contributed by atoms with E-state index in [-0.39, 0.29) is 5.91 Å². The molecule has 104 valence electrons. The third-order valence-corrected chi connectivity index (χ3v) is 3.19. The maximum atomic E-state index is 12.2. The molecule has 20 heavy (non-hydrogen) atoms. The third-order valence-electron chi connectivity index (χ3n) is 2.96. The lowest BCUT2D eigenvalue weighted by Gasteiger charge is -2.10. The van der Waals surface area contributed by atoms with Crippen LogP contribution < -0.4 is 16.6 Å². The topological polar surface area (TPSA) is 67.2 Å². The van der Waals surface area contributed by atoms with Crippen LogP contribution in [0.15, 0.2) is 42.5 Å². The molecule has 0 aliphatic heterocycles. The molecule has 0 unspecified atom stereocenters. The molecule has 5 heteroatoms. The molecule has 0 aliphatic carbocycles. The van der Waals surface area contributed by atoms with Crippen molar-refractivity contribution >= 4 is 23.2 Å². The van der Waals surface area contributed by atoms with E-state index < -0.39 is 0 Å². The predicted molar refractivity (Wildman–Crippen MR) is 81.6 cm³/mol. The Kier molecular flexibility index (Phi) is 4.61. The molecule has 2 aromatic rings. The molecule has 0 spiro atoms. The molecule has 0 bridgehead atoms. The lowest BCUT2D eigenvalue weighted by Crippen LogP contribution is -2.24. The molecule has 1 amide bonds. The van der Waals surface area contributed by atoms with E-state index >= 15 is 0 Å². The van der Waals surface area contributed by atoms with Gasteiger partial charge in [0.05, 0.1) is 11.3 Å².